The highest BCUT2D eigenvalue weighted by molar-refractivity contribution is 7.47. The fourth-order valence-corrected chi connectivity index (χ4v) is 8.62. The molecule has 10 nitrogen and oxygen atoms in total. The van der Waals surface area contributed by atoms with Crippen LogP contribution in [0.4, 0.5) is 0 Å². The first-order chi connectivity index (χ1) is 29.7. The van der Waals surface area contributed by atoms with Gasteiger partial charge in [0.2, 0.25) is 0 Å². The van der Waals surface area contributed by atoms with Crippen molar-refractivity contribution < 1.29 is 42.7 Å². The number of ether oxygens (including phenoxy) is 2. The molecule has 0 spiro atoms. The first-order valence-corrected chi connectivity index (χ1v) is 27.6. The summed E-state index contributed by atoms with van der Waals surface area (Å²) in [5.41, 5.74) is 5.37. The van der Waals surface area contributed by atoms with Crippen LogP contribution in [0.3, 0.4) is 0 Å². The summed E-state index contributed by atoms with van der Waals surface area (Å²) in [6.45, 7) is 3.95. The molecule has 3 atom stereocenters. The fraction of sp³-hybridized carbons (Fsp3) is 0.960. The number of esters is 1. The average molecular weight is 890 g/mol. The lowest BCUT2D eigenvalue weighted by Crippen LogP contribution is -2.34. The Morgan fingerprint density at radius 1 is 0.459 bits per heavy atom. The van der Waals surface area contributed by atoms with Gasteiger partial charge in [-0.25, -0.2) is 4.57 Å². The number of phosphoric ester groups is 1. The largest absolute Gasteiger partial charge is 0.480 e. The second-order valence-corrected chi connectivity index (χ2v) is 19.5. The molecule has 4 N–H and O–H groups in total. The van der Waals surface area contributed by atoms with Crippen molar-refractivity contribution in [1.29, 1.82) is 0 Å². The van der Waals surface area contributed by atoms with E-state index in [-0.39, 0.29) is 13.0 Å². The maximum Gasteiger partial charge on any atom is 0.472 e. The summed E-state index contributed by atoms with van der Waals surface area (Å²) in [6.07, 6.45) is 50.3. The Balaban J connectivity index is 4.01. The van der Waals surface area contributed by atoms with Gasteiger partial charge in [-0.15, -0.1) is 0 Å². The molecule has 0 bridgehead atoms. The Kier molecular flexibility index (Phi) is 46.2. The van der Waals surface area contributed by atoms with Crippen molar-refractivity contribution in [3.63, 3.8) is 0 Å². The van der Waals surface area contributed by atoms with Crippen LogP contribution in [-0.4, -0.2) is 60.5 Å². The number of aliphatic carboxylic acids is 1. The maximum absolute atomic E-state index is 12.7. The van der Waals surface area contributed by atoms with Crippen LogP contribution in [-0.2, 0) is 32.7 Å². The lowest BCUT2D eigenvalue weighted by molar-refractivity contribution is -0.154. The molecule has 0 heterocycles. The van der Waals surface area contributed by atoms with E-state index in [1.54, 1.807) is 0 Å². The van der Waals surface area contributed by atoms with E-state index >= 15 is 0 Å². The molecule has 0 aliphatic heterocycles. The fourth-order valence-electron chi connectivity index (χ4n) is 7.84. The van der Waals surface area contributed by atoms with Gasteiger partial charge in [0.25, 0.3) is 0 Å². The molecule has 0 rings (SSSR count). The zero-order chi connectivity index (χ0) is 44.8. The number of carboxylic acid groups (broad SMARTS) is 1. The lowest BCUT2D eigenvalue weighted by atomic mass is 10.0. The lowest BCUT2D eigenvalue weighted by Gasteiger charge is -2.20. The molecule has 0 radical (unpaired) electrons. The molecule has 0 amide bonds. The van der Waals surface area contributed by atoms with E-state index in [1.807, 2.05) is 0 Å². The van der Waals surface area contributed by atoms with Gasteiger partial charge in [0.1, 0.15) is 12.1 Å². The standard InChI is InChI=1S/C50H100NO9P/c1-3-5-7-9-11-13-15-17-19-20-21-22-23-24-25-26-27-28-29-30-32-34-36-38-40-42-49(52)60-47(45-58-61(55,56)59-46-48(51)50(53)54)44-57-43-41-39-37-35-33-31-18-16-14-12-10-8-6-4-2/h47-48H,3-46,51H2,1-2H3,(H,53,54)(H,55,56)/t47-,48+/m1/s1. The molecule has 1 unspecified atom stereocenters. The third-order valence-corrected chi connectivity index (χ3v) is 12.8. The van der Waals surface area contributed by atoms with Crippen molar-refractivity contribution in [3.8, 4) is 0 Å². The summed E-state index contributed by atoms with van der Waals surface area (Å²) in [5.74, 6) is -1.76. The van der Waals surface area contributed by atoms with Crippen molar-refractivity contribution in [1.82, 2.24) is 0 Å². The van der Waals surface area contributed by atoms with Gasteiger partial charge in [0.15, 0.2) is 0 Å². The number of carboxylic acids is 1. The first-order valence-electron chi connectivity index (χ1n) is 26.1. The topological polar surface area (TPSA) is 155 Å². The van der Waals surface area contributed by atoms with Gasteiger partial charge in [-0.1, -0.05) is 251 Å². The number of carbonyl (C=O) groups is 2. The molecular formula is C50H100NO9P. The van der Waals surface area contributed by atoms with Crippen molar-refractivity contribution in [2.75, 3.05) is 26.4 Å². The monoisotopic (exact) mass is 890 g/mol. The summed E-state index contributed by atoms with van der Waals surface area (Å²) in [7, 11) is -4.61. The predicted octanol–water partition coefficient (Wildman–Crippen LogP) is 15.1. The Hall–Kier alpha value is -1.03. The highest BCUT2D eigenvalue weighted by atomic mass is 31.2. The number of carbonyl (C=O) groups excluding carboxylic acids is 1. The highest BCUT2D eigenvalue weighted by Gasteiger charge is 2.27. The minimum absolute atomic E-state index is 0.0261. The minimum Gasteiger partial charge on any atom is -0.480 e. The molecule has 0 fully saturated rings. The van der Waals surface area contributed by atoms with E-state index in [4.69, 9.17) is 29.4 Å². The summed E-state index contributed by atoms with van der Waals surface area (Å²) in [5, 5.41) is 8.92. The molecule has 11 heteroatoms. The molecule has 364 valence electrons. The van der Waals surface area contributed by atoms with Crippen molar-refractivity contribution in [2.24, 2.45) is 5.73 Å². The van der Waals surface area contributed by atoms with Gasteiger partial charge in [0.05, 0.1) is 19.8 Å². The zero-order valence-electron chi connectivity index (χ0n) is 40.0. The zero-order valence-corrected chi connectivity index (χ0v) is 40.9. The van der Waals surface area contributed by atoms with Crippen LogP contribution < -0.4 is 5.73 Å². The van der Waals surface area contributed by atoms with E-state index in [1.165, 1.54) is 212 Å². The predicted molar refractivity (Wildman–Crippen MR) is 254 cm³/mol. The molecular weight excluding hydrogens is 790 g/mol. The van der Waals surface area contributed by atoms with E-state index in [0.717, 1.165) is 38.5 Å². The number of unbranched alkanes of at least 4 members (excludes halogenated alkanes) is 37. The van der Waals surface area contributed by atoms with Crippen molar-refractivity contribution in [2.45, 2.75) is 283 Å². The number of hydrogen-bond acceptors (Lipinski definition) is 8. The molecule has 0 saturated heterocycles. The van der Waals surface area contributed by atoms with Crippen molar-refractivity contribution in [3.05, 3.63) is 0 Å². The normalized spacial score (nSPS) is 13.6. The van der Waals surface area contributed by atoms with Crippen LogP contribution in [0.1, 0.15) is 271 Å². The van der Waals surface area contributed by atoms with E-state index in [2.05, 4.69) is 13.8 Å². The van der Waals surface area contributed by atoms with Crippen LogP contribution in [0.25, 0.3) is 0 Å². The smallest absolute Gasteiger partial charge is 0.472 e. The molecule has 0 aromatic rings. The van der Waals surface area contributed by atoms with Crippen molar-refractivity contribution >= 4 is 19.8 Å². The van der Waals surface area contributed by atoms with Crippen LogP contribution >= 0.6 is 7.82 Å². The Bertz CT molecular complexity index is 987. The summed E-state index contributed by atoms with van der Waals surface area (Å²) >= 11 is 0. The molecule has 0 aromatic heterocycles. The van der Waals surface area contributed by atoms with Crippen LogP contribution in [0.15, 0.2) is 0 Å². The maximum atomic E-state index is 12.7. The third-order valence-electron chi connectivity index (χ3n) is 11.9. The molecule has 61 heavy (non-hydrogen) atoms. The summed E-state index contributed by atoms with van der Waals surface area (Å²) in [6, 6.07) is -1.47. The average Bonchev–Trinajstić information content (AvgIpc) is 3.24. The van der Waals surface area contributed by atoms with E-state index in [9.17, 15) is 19.0 Å². The second kappa shape index (κ2) is 46.9. The SMILES string of the molecule is CCCCCCCCCCCCCCCCCCCCCCCCCCCC(=O)O[C@H](COCCCCCCCCCCCCCCCC)COP(=O)(O)OC[C@H](N)C(=O)O. The quantitative estimate of drug-likeness (QED) is 0.0305. The van der Waals surface area contributed by atoms with Crippen LogP contribution in [0, 0.1) is 0 Å². The van der Waals surface area contributed by atoms with Gasteiger partial charge in [-0.3, -0.25) is 18.6 Å². The molecule has 0 saturated carbocycles. The Morgan fingerprint density at radius 2 is 0.754 bits per heavy atom. The summed E-state index contributed by atoms with van der Waals surface area (Å²) < 4.78 is 33.5. The number of hydrogen-bond donors (Lipinski definition) is 3. The first kappa shape index (κ1) is 60.0. The number of nitrogens with two attached hydrogens (primary N) is 1. The summed E-state index contributed by atoms with van der Waals surface area (Å²) in [4.78, 5) is 33.7. The van der Waals surface area contributed by atoms with Crippen LogP contribution in [0.5, 0.6) is 0 Å². The Labute approximate surface area is 376 Å². The number of rotatable bonds is 51. The second-order valence-electron chi connectivity index (χ2n) is 18.0. The van der Waals surface area contributed by atoms with Gasteiger partial charge in [0, 0.05) is 13.0 Å². The van der Waals surface area contributed by atoms with E-state index < -0.39 is 45.1 Å². The van der Waals surface area contributed by atoms with Gasteiger partial charge < -0.3 is 25.2 Å². The van der Waals surface area contributed by atoms with Gasteiger partial charge >= 0.3 is 19.8 Å². The highest BCUT2D eigenvalue weighted by Crippen LogP contribution is 2.43. The van der Waals surface area contributed by atoms with E-state index in [0.29, 0.717) is 6.61 Å². The molecule has 0 aliphatic rings. The van der Waals surface area contributed by atoms with Gasteiger partial charge in [-0.2, -0.15) is 0 Å². The third kappa shape index (κ3) is 46.8. The van der Waals surface area contributed by atoms with Gasteiger partial charge in [-0.05, 0) is 12.8 Å². The van der Waals surface area contributed by atoms with Crippen LogP contribution in [0.2, 0.25) is 0 Å². The molecule has 0 aliphatic carbocycles. The Morgan fingerprint density at radius 3 is 1.08 bits per heavy atom. The minimum atomic E-state index is -4.61. The number of phosphoric acid groups is 1. The molecule has 0 aromatic carbocycles.